The Bertz CT molecular complexity index is 1080. The van der Waals surface area contributed by atoms with Gasteiger partial charge in [0.15, 0.2) is 11.5 Å². The molecule has 0 N–H and O–H groups in total. The quantitative estimate of drug-likeness (QED) is 0.375. The van der Waals surface area contributed by atoms with Gasteiger partial charge in [-0.05, 0) is 48.7 Å². The van der Waals surface area contributed by atoms with E-state index in [1.54, 1.807) is 18.2 Å². The highest BCUT2D eigenvalue weighted by molar-refractivity contribution is 5.97. The molecule has 0 saturated carbocycles. The first-order chi connectivity index (χ1) is 16.8. The van der Waals surface area contributed by atoms with Crippen LogP contribution in [0.4, 0.5) is 26.3 Å². The lowest BCUT2D eigenvalue weighted by Crippen LogP contribution is -2.41. The molecule has 12 heteroatoms. The monoisotopic (exact) mass is 519 g/mol. The zero-order valence-corrected chi connectivity index (χ0v) is 19.3. The van der Waals surface area contributed by atoms with Crippen molar-refractivity contribution in [3.63, 3.8) is 0 Å². The van der Waals surface area contributed by atoms with Crippen LogP contribution in [0.5, 0.6) is 11.5 Å². The number of likely N-dealkylation sites (tertiary alicyclic amines) is 1. The summed E-state index contributed by atoms with van der Waals surface area (Å²) in [5.74, 6) is -0.898. The maximum atomic E-state index is 13.2. The van der Waals surface area contributed by atoms with Gasteiger partial charge in [0.1, 0.15) is 6.04 Å². The standard InChI is InChI=1S/C24H23F6NO5/c1-34-19-6-5-14(10-20(19)35-2)7-9-36-22(33)18-4-3-8-31(18)21(32)15-11-16(23(25,26)27)13-17(12-15)24(28,29)30/h5-6,10-13,18H,3-4,7-9H2,1-2H3/t18-/m0/s1. The molecule has 0 aromatic heterocycles. The summed E-state index contributed by atoms with van der Waals surface area (Å²) in [4.78, 5) is 26.5. The fourth-order valence-electron chi connectivity index (χ4n) is 3.90. The van der Waals surface area contributed by atoms with Crippen LogP contribution >= 0.6 is 0 Å². The minimum Gasteiger partial charge on any atom is -0.493 e. The first-order valence-corrected chi connectivity index (χ1v) is 10.8. The molecule has 1 amide bonds. The first kappa shape index (κ1) is 27.2. The summed E-state index contributed by atoms with van der Waals surface area (Å²) in [6.45, 7) is -0.0689. The fourth-order valence-corrected chi connectivity index (χ4v) is 3.90. The Morgan fingerprint density at radius 2 is 1.53 bits per heavy atom. The summed E-state index contributed by atoms with van der Waals surface area (Å²) in [5.41, 5.74) is -3.24. The number of hydrogen-bond donors (Lipinski definition) is 0. The number of carbonyl (C=O) groups excluding carboxylic acids is 2. The van der Waals surface area contributed by atoms with E-state index in [4.69, 9.17) is 14.2 Å². The third-order valence-electron chi connectivity index (χ3n) is 5.70. The van der Waals surface area contributed by atoms with Gasteiger partial charge in [-0.3, -0.25) is 4.79 Å². The maximum absolute atomic E-state index is 13.2. The maximum Gasteiger partial charge on any atom is 0.416 e. The van der Waals surface area contributed by atoms with E-state index < -0.39 is 47.0 Å². The Morgan fingerprint density at radius 3 is 2.08 bits per heavy atom. The Morgan fingerprint density at radius 1 is 0.917 bits per heavy atom. The van der Waals surface area contributed by atoms with E-state index in [0.29, 0.717) is 36.5 Å². The van der Waals surface area contributed by atoms with Crippen LogP contribution in [0, 0.1) is 0 Å². The van der Waals surface area contributed by atoms with Crippen molar-refractivity contribution < 1.29 is 50.1 Å². The van der Waals surface area contributed by atoms with Crippen molar-refractivity contribution >= 4 is 11.9 Å². The van der Waals surface area contributed by atoms with Crippen LogP contribution in [0.3, 0.4) is 0 Å². The fraction of sp³-hybridized carbons (Fsp3) is 0.417. The highest BCUT2D eigenvalue weighted by Gasteiger charge is 2.40. The molecule has 196 valence electrons. The van der Waals surface area contributed by atoms with Gasteiger partial charge in [-0.1, -0.05) is 6.07 Å². The Balaban J connectivity index is 1.72. The molecule has 0 radical (unpaired) electrons. The number of nitrogens with zero attached hydrogens (tertiary/aromatic N) is 1. The molecule has 6 nitrogen and oxygen atoms in total. The zero-order valence-electron chi connectivity index (χ0n) is 19.3. The number of hydrogen-bond acceptors (Lipinski definition) is 5. The number of halogens is 6. The SMILES string of the molecule is COc1ccc(CCOC(=O)[C@@H]2CCCN2C(=O)c2cc(C(F)(F)F)cc(C(F)(F)F)c2)cc1OC. The number of amides is 1. The molecule has 1 atom stereocenters. The predicted molar refractivity (Wildman–Crippen MR) is 115 cm³/mol. The molecule has 1 aliphatic rings. The number of ether oxygens (including phenoxy) is 3. The molecule has 2 aromatic rings. The van der Waals surface area contributed by atoms with Crippen molar-refractivity contribution in [2.45, 2.75) is 37.7 Å². The van der Waals surface area contributed by atoms with Crippen LogP contribution in [-0.4, -0.2) is 50.2 Å². The number of rotatable bonds is 7. The molecule has 1 heterocycles. The molecule has 36 heavy (non-hydrogen) atoms. The Labute approximate surface area is 202 Å². The van der Waals surface area contributed by atoms with Crippen molar-refractivity contribution in [3.05, 3.63) is 58.7 Å². The lowest BCUT2D eigenvalue weighted by molar-refractivity contribution is -0.148. The summed E-state index contributed by atoms with van der Waals surface area (Å²) in [7, 11) is 2.95. The van der Waals surface area contributed by atoms with Gasteiger partial charge in [-0.25, -0.2) is 4.79 Å². The topological polar surface area (TPSA) is 65.1 Å². The van der Waals surface area contributed by atoms with Crippen molar-refractivity contribution in [3.8, 4) is 11.5 Å². The van der Waals surface area contributed by atoms with Gasteiger partial charge in [-0.2, -0.15) is 26.3 Å². The second kappa shape index (κ2) is 10.7. The lowest BCUT2D eigenvalue weighted by Gasteiger charge is -2.24. The predicted octanol–water partition coefficient (Wildman–Crippen LogP) is 5.13. The van der Waals surface area contributed by atoms with E-state index in [0.717, 1.165) is 10.5 Å². The van der Waals surface area contributed by atoms with Crippen LogP contribution < -0.4 is 9.47 Å². The third kappa shape index (κ3) is 6.21. The molecule has 3 rings (SSSR count). The highest BCUT2D eigenvalue weighted by Crippen LogP contribution is 2.37. The summed E-state index contributed by atoms with van der Waals surface area (Å²) in [6, 6.07) is 4.66. The summed E-state index contributed by atoms with van der Waals surface area (Å²) < 4.78 is 94.6. The first-order valence-electron chi connectivity index (χ1n) is 10.8. The third-order valence-corrected chi connectivity index (χ3v) is 5.70. The van der Waals surface area contributed by atoms with Gasteiger partial charge in [0.25, 0.3) is 5.91 Å². The zero-order chi connectivity index (χ0) is 26.7. The van der Waals surface area contributed by atoms with Crippen LogP contribution in [0.15, 0.2) is 36.4 Å². The molecule has 1 aliphatic heterocycles. The van der Waals surface area contributed by atoms with E-state index in [2.05, 4.69) is 0 Å². The summed E-state index contributed by atoms with van der Waals surface area (Å²) >= 11 is 0. The number of alkyl halides is 6. The van der Waals surface area contributed by atoms with E-state index >= 15 is 0 Å². The van der Waals surface area contributed by atoms with Crippen LogP contribution in [0.2, 0.25) is 0 Å². The molecule has 0 aliphatic carbocycles. The molecule has 1 saturated heterocycles. The molecular formula is C24H23F6NO5. The number of carbonyl (C=O) groups is 2. The van der Waals surface area contributed by atoms with Crippen molar-refractivity contribution in [2.75, 3.05) is 27.4 Å². The molecule has 0 unspecified atom stereocenters. The van der Waals surface area contributed by atoms with Gasteiger partial charge >= 0.3 is 18.3 Å². The normalized spacial score (nSPS) is 16.1. The van der Waals surface area contributed by atoms with Gasteiger partial charge in [-0.15, -0.1) is 0 Å². The van der Waals surface area contributed by atoms with Gasteiger partial charge in [0.2, 0.25) is 0 Å². The second-order valence-corrected chi connectivity index (χ2v) is 8.06. The molecule has 0 spiro atoms. The van der Waals surface area contributed by atoms with E-state index in [1.807, 2.05) is 0 Å². The van der Waals surface area contributed by atoms with Crippen LogP contribution in [0.1, 0.15) is 39.9 Å². The Hall–Kier alpha value is -3.44. The van der Waals surface area contributed by atoms with Gasteiger partial charge in [0, 0.05) is 18.5 Å². The highest BCUT2D eigenvalue weighted by atomic mass is 19.4. The molecular weight excluding hydrogens is 496 g/mol. The lowest BCUT2D eigenvalue weighted by atomic mass is 10.0. The van der Waals surface area contributed by atoms with Gasteiger partial charge in [0.05, 0.1) is 32.0 Å². The minimum atomic E-state index is -5.09. The van der Waals surface area contributed by atoms with E-state index in [1.165, 1.54) is 14.2 Å². The van der Waals surface area contributed by atoms with Crippen LogP contribution in [0.25, 0.3) is 0 Å². The number of esters is 1. The second-order valence-electron chi connectivity index (χ2n) is 8.06. The van der Waals surface area contributed by atoms with E-state index in [-0.39, 0.29) is 25.6 Å². The van der Waals surface area contributed by atoms with Crippen molar-refractivity contribution in [1.82, 2.24) is 4.90 Å². The van der Waals surface area contributed by atoms with Gasteiger partial charge < -0.3 is 19.1 Å². The van der Waals surface area contributed by atoms with E-state index in [9.17, 15) is 35.9 Å². The summed E-state index contributed by atoms with van der Waals surface area (Å²) in [6.07, 6.45) is -9.37. The number of methoxy groups -OCH3 is 2. The van der Waals surface area contributed by atoms with Crippen molar-refractivity contribution in [1.29, 1.82) is 0 Å². The molecule has 1 fully saturated rings. The average molecular weight is 519 g/mol. The van der Waals surface area contributed by atoms with Crippen molar-refractivity contribution in [2.24, 2.45) is 0 Å². The average Bonchev–Trinajstić information content (AvgIpc) is 3.32. The molecule has 2 aromatic carbocycles. The Kier molecular flexibility index (Phi) is 8.05. The van der Waals surface area contributed by atoms with Crippen LogP contribution in [-0.2, 0) is 28.3 Å². The smallest absolute Gasteiger partial charge is 0.416 e. The largest absolute Gasteiger partial charge is 0.493 e. The molecule has 0 bridgehead atoms. The summed E-state index contributed by atoms with van der Waals surface area (Å²) in [5, 5.41) is 0. The minimum absolute atomic E-state index is 0.00806. The number of benzene rings is 2.